The lowest BCUT2D eigenvalue weighted by atomic mass is 10.2. The van der Waals surface area contributed by atoms with E-state index in [1.165, 1.54) is 11.9 Å². The summed E-state index contributed by atoms with van der Waals surface area (Å²) in [7, 11) is 1.52. The molecule has 0 fully saturated rings. The Morgan fingerprint density at radius 2 is 2.10 bits per heavy atom. The van der Waals surface area contributed by atoms with Crippen LogP contribution in [0.15, 0.2) is 28.9 Å². The number of alkyl halides is 3. The molecule has 5 nitrogen and oxygen atoms in total. The fourth-order valence-electron chi connectivity index (χ4n) is 1.72. The molecule has 0 aliphatic heterocycles. The number of aryl methyl sites for hydroxylation is 1. The highest BCUT2D eigenvalue weighted by Crippen LogP contribution is 2.27. The zero-order valence-corrected chi connectivity index (χ0v) is 11.3. The SMILES string of the molecule is Cc1cc(CN(C)C(=O)c2ccc(C(F)(F)F)nc2)no1. The quantitative estimate of drug-likeness (QED) is 0.874. The Morgan fingerprint density at radius 1 is 1.38 bits per heavy atom. The van der Waals surface area contributed by atoms with E-state index >= 15 is 0 Å². The van der Waals surface area contributed by atoms with Crippen LogP contribution in [0.3, 0.4) is 0 Å². The zero-order valence-electron chi connectivity index (χ0n) is 11.3. The van der Waals surface area contributed by atoms with Gasteiger partial charge in [0, 0.05) is 19.3 Å². The number of rotatable bonds is 3. The summed E-state index contributed by atoms with van der Waals surface area (Å²) < 4.78 is 42.1. The number of carbonyl (C=O) groups excluding carboxylic acids is 1. The molecule has 2 aromatic rings. The standard InChI is InChI=1S/C13H12F3N3O2/c1-8-5-10(18-21-8)7-19(2)12(20)9-3-4-11(17-6-9)13(14,15)16/h3-6H,7H2,1-2H3. The third kappa shape index (κ3) is 3.59. The van der Waals surface area contributed by atoms with Crippen molar-refractivity contribution < 1.29 is 22.5 Å². The molecule has 2 aromatic heterocycles. The Morgan fingerprint density at radius 3 is 2.57 bits per heavy atom. The van der Waals surface area contributed by atoms with Crippen LogP contribution in [0.25, 0.3) is 0 Å². The van der Waals surface area contributed by atoms with E-state index in [0.717, 1.165) is 18.3 Å². The van der Waals surface area contributed by atoms with Gasteiger partial charge in [-0.1, -0.05) is 5.16 Å². The smallest absolute Gasteiger partial charge is 0.361 e. The number of hydrogen-bond acceptors (Lipinski definition) is 4. The summed E-state index contributed by atoms with van der Waals surface area (Å²) >= 11 is 0. The average Bonchev–Trinajstić information content (AvgIpc) is 2.82. The molecular formula is C13H12F3N3O2. The Bertz CT molecular complexity index is 635. The Balaban J connectivity index is 2.08. The second-order valence-corrected chi connectivity index (χ2v) is 4.52. The van der Waals surface area contributed by atoms with E-state index in [2.05, 4.69) is 10.1 Å². The minimum absolute atomic E-state index is 0.0747. The second-order valence-electron chi connectivity index (χ2n) is 4.52. The topological polar surface area (TPSA) is 59.2 Å². The number of pyridine rings is 1. The molecule has 112 valence electrons. The molecule has 0 unspecified atom stereocenters. The number of nitrogens with zero attached hydrogens (tertiary/aromatic N) is 3. The third-order valence-corrected chi connectivity index (χ3v) is 2.72. The summed E-state index contributed by atoms with van der Waals surface area (Å²) in [6, 6.07) is 3.55. The predicted molar refractivity (Wildman–Crippen MR) is 66.3 cm³/mol. The largest absolute Gasteiger partial charge is 0.433 e. The first-order chi connectivity index (χ1) is 9.77. The van der Waals surface area contributed by atoms with Crippen molar-refractivity contribution in [1.29, 1.82) is 0 Å². The van der Waals surface area contributed by atoms with Crippen LogP contribution in [-0.2, 0) is 12.7 Å². The summed E-state index contributed by atoms with van der Waals surface area (Å²) in [5, 5.41) is 3.74. The molecule has 0 atom stereocenters. The van der Waals surface area contributed by atoms with Gasteiger partial charge in [0.2, 0.25) is 0 Å². The molecule has 0 N–H and O–H groups in total. The molecule has 1 amide bonds. The van der Waals surface area contributed by atoms with E-state index in [4.69, 9.17) is 4.52 Å². The van der Waals surface area contributed by atoms with Crippen LogP contribution in [0.2, 0.25) is 0 Å². The minimum atomic E-state index is -4.52. The van der Waals surface area contributed by atoms with Crippen molar-refractivity contribution in [3.8, 4) is 0 Å². The monoisotopic (exact) mass is 299 g/mol. The van der Waals surface area contributed by atoms with E-state index in [-0.39, 0.29) is 12.1 Å². The summed E-state index contributed by atoms with van der Waals surface area (Å²) in [4.78, 5) is 16.6. The highest BCUT2D eigenvalue weighted by molar-refractivity contribution is 5.93. The molecule has 0 aliphatic rings. The van der Waals surface area contributed by atoms with E-state index < -0.39 is 17.8 Å². The van der Waals surface area contributed by atoms with Gasteiger partial charge in [-0.2, -0.15) is 13.2 Å². The lowest BCUT2D eigenvalue weighted by molar-refractivity contribution is -0.141. The van der Waals surface area contributed by atoms with Crippen LogP contribution in [0.1, 0.15) is 27.5 Å². The van der Waals surface area contributed by atoms with Crippen LogP contribution in [0, 0.1) is 6.92 Å². The Hall–Kier alpha value is -2.38. The maximum Gasteiger partial charge on any atom is 0.433 e. The molecule has 0 aliphatic carbocycles. The van der Waals surface area contributed by atoms with Gasteiger partial charge in [0.1, 0.15) is 17.1 Å². The van der Waals surface area contributed by atoms with E-state index in [1.807, 2.05) is 0 Å². The van der Waals surface area contributed by atoms with Gasteiger partial charge in [0.15, 0.2) is 0 Å². The van der Waals surface area contributed by atoms with Gasteiger partial charge in [-0.05, 0) is 19.1 Å². The van der Waals surface area contributed by atoms with Gasteiger partial charge in [-0.3, -0.25) is 9.78 Å². The summed E-state index contributed by atoms with van der Waals surface area (Å²) in [5.74, 6) is 0.166. The predicted octanol–water partition coefficient (Wildman–Crippen LogP) is 2.67. The lowest BCUT2D eigenvalue weighted by Gasteiger charge is -2.15. The van der Waals surface area contributed by atoms with Gasteiger partial charge < -0.3 is 9.42 Å². The van der Waals surface area contributed by atoms with E-state index in [9.17, 15) is 18.0 Å². The molecule has 0 bridgehead atoms. The molecule has 21 heavy (non-hydrogen) atoms. The molecule has 2 rings (SSSR count). The van der Waals surface area contributed by atoms with Gasteiger partial charge in [0.05, 0.1) is 12.1 Å². The van der Waals surface area contributed by atoms with Crippen molar-refractivity contribution in [2.75, 3.05) is 7.05 Å². The average molecular weight is 299 g/mol. The first kappa shape index (κ1) is 15.0. The fraction of sp³-hybridized carbons (Fsp3) is 0.308. The number of halogens is 3. The van der Waals surface area contributed by atoms with Gasteiger partial charge >= 0.3 is 6.18 Å². The number of hydrogen-bond donors (Lipinski definition) is 0. The van der Waals surface area contributed by atoms with Crippen molar-refractivity contribution in [2.45, 2.75) is 19.6 Å². The minimum Gasteiger partial charge on any atom is -0.361 e. The number of carbonyl (C=O) groups is 1. The highest BCUT2D eigenvalue weighted by atomic mass is 19.4. The van der Waals surface area contributed by atoms with Gasteiger partial charge in [-0.15, -0.1) is 0 Å². The van der Waals surface area contributed by atoms with Crippen LogP contribution in [0.5, 0.6) is 0 Å². The van der Waals surface area contributed by atoms with Crippen LogP contribution in [0.4, 0.5) is 13.2 Å². The van der Waals surface area contributed by atoms with Crippen LogP contribution in [-0.4, -0.2) is 28.0 Å². The molecule has 0 spiro atoms. The van der Waals surface area contributed by atoms with Crippen molar-refractivity contribution >= 4 is 5.91 Å². The molecule has 0 radical (unpaired) electrons. The fourth-order valence-corrected chi connectivity index (χ4v) is 1.72. The molecule has 0 aromatic carbocycles. The van der Waals surface area contributed by atoms with Crippen molar-refractivity contribution in [3.05, 3.63) is 47.1 Å². The second kappa shape index (κ2) is 5.55. The van der Waals surface area contributed by atoms with Crippen molar-refractivity contribution in [2.24, 2.45) is 0 Å². The summed E-state index contributed by atoms with van der Waals surface area (Å²) in [6.45, 7) is 1.91. The van der Waals surface area contributed by atoms with Crippen LogP contribution < -0.4 is 0 Å². The van der Waals surface area contributed by atoms with E-state index in [0.29, 0.717) is 11.5 Å². The maximum absolute atomic E-state index is 12.4. The normalized spacial score (nSPS) is 11.5. The van der Waals surface area contributed by atoms with E-state index in [1.54, 1.807) is 13.0 Å². The summed E-state index contributed by atoms with van der Waals surface area (Å²) in [6.07, 6.45) is -3.61. The Labute approximate surface area is 118 Å². The Kier molecular flexibility index (Phi) is 3.97. The van der Waals surface area contributed by atoms with Crippen molar-refractivity contribution in [3.63, 3.8) is 0 Å². The number of amides is 1. The highest BCUT2D eigenvalue weighted by Gasteiger charge is 2.32. The van der Waals surface area contributed by atoms with Crippen LogP contribution >= 0.6 is 0 Å². The molecule has 0 saturated carbocycles. The first-order valence-corrected chi connectivity index (χ1v) is 5.98. The molecule has 0 saturated heterocycles. The molecule has 8 heteroatoms. The lowest BCUT2D eigenvalue weighted by Crippen LogP contribution is -2.26. The maximum atomic E-state index is 12.4. The van der Waals surface area contributed by atoms with Crippen molar-refractivity contribution in [1.82, 2.24) is 15.0 Å². The number of aromatic nitrogens is 2. The zero-order chi connectivity index (χ0) is 15.6. The van der Waals surface area contributed by atoms with Gasteiger partial charge in [-0.25, -0.2) is 0 Å². The van der Waals surface area contributed by atoms with Gasteiger partial charge in [0.25, 0.3) is 5.91 Å². The first-order valence-electron chi connectivity index (χ1n) is 5.98. The third-order valence-electron chi connectivity index (χ3n) is 2.72. The summed E-state index contributed by atoms with van der Waals surface area (Å²) in [5.41, 5.74) is -0.400. The molecular weight excluding hydrogens is 287 g/mol. The molecule has 2 heterocycles.